The van der Waals surface area contributed by atoms with E-state index in [2.05, 4.69) is 5.32 Å². The maximum atomic E-state index is 13.7. The molecule has 1 amide bonds. The number of carbonyl (C=O) groups is 1. The Morgan fingerprint density at radius 2 is 1.74 bits per heavy atom. The number of amides is 1. The molecule has 1 aliphatic heterocycles. The molecule has 1 N–H and O–H groups in total. The van der Waals surface area contributed by atoms with E-state index in [1.165, 1.54) is 17.5 Å². The molecule has 0 bridgehead atoms. The highest BCUT2D eigenvalue weighted by atomic mass is 32.2. The van der Waals surface area contributed by atoms with Crippen LogP contribution in [0.15, 0.2) is 47.4 Å². The van der Waals surface area contributed by atoms with E-state index in [1.807, 2.05) is 31.2 Å². The van der Waals surface area contributed by atoms with Crippen LogP contribution >= 0.6 is 0 Å². The summed E-state index contributed by atoms with van der Waals surface area (Å²) in [6.45, 7) is 2.25. The first-order valence-electron chi connectivity index (χ1n) is 10.0. The van der Waals surface area contributed by atoms with Crippen molar-refractivity contribution in [3.8, 4) is 11.5 Å². The highest BCUT2D eigenvalue weighted by molar-refractivity contribution is 7.89. The van der Waals surface area contributed by atoms with Crippen LogP contribution in [0.3, 0.4) is 0 Å². The zero-order valence-corrected chi connectivity index (χ0v) is 18.6. The van der Waals surface area contributed by atoms with Gasteiger partial charge in [0.2, 0.25) is 15.9 Å². The van der Waals surface area contributed by atoms with E-state index >= 15 is 0 Å². The first-order chi connectivity index (χ1) is 14.8. The normalized spacial score (nSPS) is 16.5. The molecule has 0 aromatic heterocycles. The summed E-state index contributed by atoms with van der Waals surface area (Å²) in [5, 5.41) is 3.00. The van der Waals surface area contributed by atoms with Gasteiger partial charge in [-0.15, -0.1) is 0 Å². The zero-order chi connectivity index (χ0) is 22.6. The van der Waals surface area contributed by atoms with Crippen molar-refractivity contribution in [1.82, 2.24) is 9.62 Å². The Morgan fingerprint density at radius 3 is 2.32 bits per heavy atom. The third kappa shape index (κ3) is 5.16. The summed E-state index contributed by atoms with van der Waals surface area (Å²) in [5.74, 6) is -0.216. The summed E-state index contributed by atoms with van der Waals surface area (Å²) >= 11 is 0. The van der Waals surface area contributed by atoms with Crippen molar-refractivity contribution in [1.29, 1.82) is 0 Å². The molecule has 1 saturated heterocycles. The van der Waals surface area contributed by atoms with Crippen LogP contribution in [0.1, 0.15) is 31.4 Å². The molecule has 2 aromatic carbocycles. The number of hydrogen-bond donors (Lipinski definition) is 1. The van der Waals surface area contributed by atoms with Crippen LogP contribution in [0, 0.1) is 11.7 Å². The Bertz CT molecular complexity index is 1020. The number of methoxy groups -OCH3 is 2. The Kier molecular flexibility index (Phi) is 7.17. The average Bonchev–Trinajstić information content (AvgIpc) is 2.79. The van der Waals surface area contributed by atoms with Gasteiger partial charge >= 0.3 is 0 Å². The van der Waals surface area contributed by atoms with Crippen molar-refractivity contribution >= 4 is 15.9 Å². The molecule has 3 rings (SSSR count). The van der Waals surface area contributed by atoms with E-state index < -0.39 is 15.8 Å². The summed E-state index contributed by atoms with van der Waals surface area (Å²) in [6.07, 6.45) is 0.774. The topological polar surface area (TPSA) is 84.9 Å². The minimum Gasteiger partial charge on any atom is -0.497 e. The maximum Gasteiger partial charge on any atom is 0.246 e. The van der Waals surface area contributed by atoms with Crippen LogP contribution < -0.4 is 14.8 Å². The monoisotopic (exact) mass is 450 g/mol. The number of halogens is 1. The number of nitrogens with one attached hydrogen (secondary N) is 1. The minimum atomic E-state index is -3.92. The molecule has 0 radical (unpaired) electrons. The number of carbonyl (C=O) groups excluding carboxylic acids is 1. The predicted molar refractivity (Wildman–Crippen MR) is 114 cm³/mol. The number of sulfonamides is 1. The predicted octanol–water partition coefficient (Wildman–Crippen LogP) is 3.12. The molecule has 168 valence electrons. The van der Waals surface area contributed by atoms with Crippen molar-refractivity contribution in [2.24, 2.45) is 5.92 Å². The van der Waals surface area contributed by atoms with Crippen LogP contribution in [-0.4, -0.2) is 45.9 Å². The summed E-state index contributed by atoms with van der Waals surface area (Å²) in [6, 6.07) is 10.7. The molecule has 7 nitrogen and oxygen atoms in total. The third-order valence-corrected chi connectivity index (χ3v) is 7.46. The highest BCUT2D eigenvalue weighted by Gasteiger charge is 2.34. The molecule has 2 aromatic rings. The minimum absolute atomic E-state index is 0.0922. The van der Waals surface area contributed by atoms with Gasteiger partial charge in [-0.1, -0.05) is 12.1 Å². The van der Waals surface area contributed by atoms with Crippen LogP contribution in [0.2, 0.25) is 0 Å². The highest BCUT2D eigenvalue weighted by Crippen LogP contribution is 2.30. The van der Waals surface area contributed by atoms with E-state index in [9.17, 15) is 17.6 Å². The lowest BCUT2D eigenvalue weighted by molar-refractivity contribution is -0.126. The molecule has 1 fully saturated rings. The van der Waals surface area contributed by atoms with Gasteiger partial charge in [-0.3, -0.25) is 4.79 Å². The fourth-order valence-corrected chi connectivity index (χ4v) is 5.29. The van der Waals surface area contributed by atoms with E-state index in [1.54, 1.807) is 7.11 Å². The smallest absolute Gasteiger partial charge is 0.246 e. The van der Waals surface area contributed by atoms with E-state index in [4.69, 9.17) is 9.47 Å². The van der Waals surface area contributed by atoms with E-state index in [-0.39, 0.29) is 41.6 Å². The van der Waals surface area contributed by atoms with Crippen LogP contribution in [-0.2, 0) is 14.8 Å². The van der Waals surface area contributed by atoms with Gasteiger partial charge in [0.05, 0.1) is 20.3 Å². The second kappa shape index (κ2) is 9.65. The summed E-state index contributed by atoms with van der Waals surface area (Å²) < 4.78 is 51.1. The molecule has 31 heavy (non-hydrogen) atoms. The molecule has 9 heteroatoms. The first kappa shape index (κ1) is 23.0. The summed E-state index contributed by atoms with van der Waals surface area (Å²) in [4.78, 5) is 12.5. The lowest BCUT2D eigenvalue weighted by Crippen LogP contribution is -2.43. The quantitative estimate of drug-likeness (QED) is 0.701. The second-order valence-corrected chi connectivity index (χ2v) is 9.38. The van der Waals surface area contributed by atoms with Crippen molar-refractivity contribution < 1.29 is 27.1 Å². The van der Waals surface area contributed by atoms with Crippen LogP contribution in [0.4, 0.5) is 4.39 Å². The van der Waals surface area contributed by atoms with Crippen molar-refractivity contribution in [3.05, 3.63) is 53.8 Å². The van der Waals surface area contributed by atoms with Crippen molar-refractivity contribution in [3.63, 3.8) is 0 Å². The fraction of sp³-hybridized carbons (Fsp3) is 0.409. The molecular weight excluding hydrogens is 423 g/mol. The van der Waals surface area contributed by atoms with Crippen LogP contribution in [0.5, 0.6) is 11.5 Å². The van der Waals surface area contributed by atoms with Crippen molar-refractivity contribution in [2.75, 3.05) is 27.3 Å². The van der Waals surface area contributed by atoms with E-state index in [0.717, 1.165) is 23.4 Å². The van der Waals surface area contributed by atoms with Gasteiger partial charge in [0, 0.05) is 19.0 Å². The zero-order valence-electron chi connectivity index (χ0n) is 17.8. The molecule has 0 saturated carbocycles. The molecule has 1 atom stereocenters. The summed E-state index contributed by atoms with van der Waals surface area (Å²) in [5.41, 5.74) is 0.951. The lowest BCUT2D eigenvalue weighted by atomic mass is 9.96. The largest absolute Gasteiger partial charge is 0.497 e. The summed E-state index contributed by atoms with van der Waals surface area (Å²) in [7, 11) is -0.990. The van der Waals surface area contributed by atoms with Gasteiger partial charge in [0.25, 0.3) is 0 Å². The van der Waals surface area contributed by atoms with Gasteiger partial charge in [-0.2, -0.15) is 4.31 Å². The SMILES string of the molecule is COc1ccc([C@@H](C)NC(=O)C2CCN(S(=O)(=O)c3cc(F)ccc3OC)CC2)cc1. The van der Waals surface area contributed by atoms with Gasteiger partial charge < -0.3 is 14.8 Å². The van der Waals surface area contributed by atoms with Crippen molar-refractivity contribution in [2.45, 2.75) is 30.7 Å². The number of nitrogens with zero attached hydrogens (tertiary/aromatic N) is 1. The van der Waals surface area contributed by atoms with Gasteiger partial charge in [-0.05, 0) is 55.7 Å². The maximum absolute atomic E-state index is 13.7. The third-order valence-electron chi connectivity index (χ3n) is 5.54. The lowest BCUT2D eigenvalue weighted by Gasteiger charge is -2.31. The first-order valence-corrected chi connectivity index (χ1v) is 11.5. The van der Waals surface area contributed by atoms with Gasteiger partial charge in [0.15, 0.2) is 0 Å². The number of rotatable bonds is 7. The molecule has 1 aliphatic rings. The average molecular weight is 451 g/mol. The standard InChI is InChI=1S/C22H27FN2O5S/c1-15(16-4-7-19(29-2)8-5-16)24-22(26)17-10-12-25(13-11-17)31(27,28)21-14-18(23)6-9-20(21)30-3/h4-9,14-15,17H,10-13H2,1-3H3,(H,24,26)/t15-/m1/s1. The Hall–Kier alpha value is -2.65. The number of ether oxygens (including phenoxy) is 2. The van der Waals surface area contributed by atoms with E-state index in [0.29, 0.717) is 12.8 Å². The van der Waals surface area contributed by atoms with Gasteiger partial charge in [0.1, 0.15) is 22.2 Å². The molecular formula is C22H27FN2O5S. The molecule has 0 unspecified atom stereocenters. The number of hydrogen-bond acceptors (Lipinski definition) is 5. The Balaban J connectivity index is 1.62. The molecule has 0 spiro atoms. The second-order valence-electron chi connectivity index (χ2n) is 7.48. The molecule has 0 aliphatic carbocycles. The van der Waals surface area contributed by atoms with Gasteiger partial charge in [-0.25, -0.2) is 12.8 Å². The Morgan fingerprint density at radius 1 is 1.10 bits per heavy atom. The molecule has 1 heterocycles. The number of benzene rings is 2. The number of piperidine rings is 1. The Labute approximate surface area is 182 Å². The fourth-order valence-electron chi connectivity index (χ4n) is 3.66. The van der Waals surface area contributed by atoms with Crippen LogP contribution in [0.25, 0.3) is 0 Å².